The maximum Gasteiger partial charge on any atom is 0.215 e. The lowest BCUT2D eigenvalue weighted by Gasteiger charge is -2.15. The van der Waals surface area contributed by atoms with Gasteiger partial charge in [-0.3, -0.25) is 4.79 Å². The van der Waals surface area contributed by atoms with E-state index in [1.807, 2.05) is 39.0 Å². The van der Waals surface area contributed by atoms with Crippen LogP contribution in [0.4, 0.5) is 5.82 Å². The number of aromatic nitrogens is 2. The number of anilines is 1. The molecule has 0 fully saturated rings. The summed E-state index contributed by atoms with van der Waals surface area (Å²) >= 11 is 0. The lowest BCUT2D eigenvalue weighted by molar-refractivity contribution is -0.107. The predicted octanol–water partition coefficient (Wildman–Crippen LogP) is 7.30. The van der Waals surface area contributed by atoms with Crippen LogP contribution in [0.3, 0.4) is 0 Å². The number of imidazole rings is 1. The molecule has 0 aliphatic rings. The smallest absolute Gasteiger partial charge is 0.215 e. The fourth-order valence-electron chi connectivity index (χ4n) is 3.35. The number of rotatable bonds is 9. The van der Waals surface area contributed by atoms with Crippen molar-refractivity contribution in [2.75, 3.05) is 19.1 Å². The van der Waals surface area contributed by atoms with Crippen molar-refractivity contribution >= 4 is 17.8 Å². The molecule has 0 bridgehead atoms. The van der Waals surface area contributed by atoms with Crippen molar-refractivity contribution in [3.05, 3.63) is 83.3 Å². The van der Waals surface area contributed by atoms with E-state index in [-0.39, 0.29) is 0 Å². The van der Waals surface area contributed by atoms with Crippen LogP contribution in [0.5, 0.6) is 5.75 Å². The van der Waals surface area contributed by atoms with Crippen LogP contribution < -0.4 is 9.64 Å². The molecule has 2 aromatic carbocycles. The van der Waals surface area contributed by atoms with Gasteiger partial charge in [-0.1, -0.05) is 89.1 Å². The van der Waals surface area contributed by atoms with Crippen LogP contribution in [0.15, 0.2) is 55.1 Å². The fraction of sp³-hybridized carbons (Fsp3) is 0.400. The van der Waals surface area contributed by atoms with Crippen LogP contribution in [0.1, 0.15) is 75.7 Å². The molecule has 0 atom stereocenters. The Morgan fingerprint density at radius 2 is 1.71 bits per heavy atom. The van der Waals surface area contributed by atoms with Crippen molar-refractivity contribution < 1.29 is 9.53 Å². The van der Waals surface area contributed by atoms with Gasteiger partial charge in [0.15, 0.2) is 5.82 Å². The van der Waals surface area contributed by atoms with E-state index in [1.54, 1.807) is 14.2 Å². The highest BCUT2D eigenvalue weighted by Crippen LogP contribution is 2.29. The highest BCUT2D eigenvalue weighted by atomic mass is 16.5. The molecule has 3 rings (SSSR count). The summed E-state index contributed by atoms with van der Waals surface area (Å²) in [7, 11) is 3.38. The van der Waals surface area contributed by atoms with Gasteiger partial charge in [0, 0.05) is 20.0 Å². The van der Waals surface area contributed by atoms with Gasteiger partial charge in [-0.05, 0) is 42.7 Å². The van der Waals surface area contributed by atoms with Gasteiger partial charge in [0.05, 0.1) is 12.8 Å². The summed E-state index contributed by atoms with van der Waals surface area (Å²) in [5.74, 6) is 2.31. The third-order valence-corrected chi connectivity index (χ3v) is 5.38. The van der Waals surface area contributed by atoms with E-state index < -0.39 is 0 Å². The molecule has 0 N–H and O–H groups in total. The Kier molecular flexibility index (Phi) is 13.2. The molecule has 35 heavy (non-hydrogen) atoms. The van der Waals surface area contributed by atoms with Crippen molar-refractivity contribution in [1.82, 2.24) is 9.55 Å². The Morgan fingerprint density at radius 1 is 1.09 bits per heavy atom. The molecule has 0 unspecified atom stereocenters. The minimum Gasteiger partial charge on any atom is -0.497 e. The molecule has 0 aliphatic carbocycles. The summed E-state index contributed by atoms with van der Waals surface area (Å²) in [6, 6.07) is 16.4. The standard InChI is InChI=1S/C24H27N3O2.C4H10.C2H6/c1-17(2)23-24(26(4)16-28)25-22(14-20-7-6-8-21(13-20)29-5)27(23)15-19-11-9-18(3)10-12-19;1-3-4-2;1-2/h6-13,16H,1,14-15H2,2-5H3;3-4H2,1-2H3;1-2H3. The number of carbonyl (C=O) groups is 1. The molecule has 0 saturated heterocycles. The molecule has 1 aromatic heterocycles. The Bertz CT molecular complexity index is 1050. The van der Waals surface area contributed by atoms with Crippen molar-refractivity contribution in [2.24, 2.45) is 0 Å². The van der Waals surface area contributed by atoms with Crippen LogP contribution in [0, 0.1) is 6.92 Å². The number of benzene rings is 2. The van der Waals surface area contributed by atoms with E-state index in [1.165, 1.54) is 28.9 Å². The topological polar surface area (TPSA) is 47.4 Å². The van der Waals surface area contributed by atoms with E-state index in [9.17, 15) is 4.79 Å². The van der Waals surface area contributed by atoms with Gasteiger partial charge in [0.2, 0.25) is 6.41 Å². The monoisotopic (exact) mass is 477 g/mol. The van der Waals surface area contributed by atoms with Crippen LogP contribution in [-0.4, -0.2) is 30.1 Å². The summed E-state index contributed by atoms with van der Waals surface area (Å²) in [4.78, 5) is 17.8. The number of allylic oxidation sites excluding steroid dienone is 1. The van der Waals surface area contributed by atoms with Gasteiger partial charge in [-0.25, -0.2) is 4.98 Å². The molecular formula is C30H43N3O2. The molecule has 190 valence electrons. The Balaban J connectivity index is 0.000000926. The highest BCUT2D eigenvalue weighted by molar-refractivity contribution is 5.80. The number of amides is 1. The lowest BCUT2D eigenvalue weighted by atomic mass is 10.1. The summed E-state index contributed by atoms with van der Waals surface area (Å²) in [5, 5.41) is 0. The van der Waals surface area contributed by atoms with Gasteiger partial charge in [0.1, 0.15) is 11.6 Å². The predicted molar refractivity (Wildman–Crippen MR) is 149 cm³/mol. The van der Waals surface area contributed by atoms with Crippen molar-refractivity contribution in [3.63, 3.8) is 0 Å². The van der Waals surface area contributed by atoms with E-state index in [0.717, 1.165) is 34.8 Å². The first-order chi connectivity index (χ1) is 16.8. The van der Waals surface area contributed by atoms with Gasteiger partial charge < -0.3 is 14.2 Å². The second kappa shape index (κ2) is 15.5. The van der Waals surface area contributed by atoms with E-state index in [2.05, 4.69) is 62.2 Å². The first-order valence-electron chi connectivity index (χ1n) is 12.5. The zero-order valence-electron chi connectivity index (χ0n) is 22.9. The molecule has 0 radical (unpaired) electrons. The summed E-state index contributed by atoms with van der Waals surface area (Å²) in [5.41, 5.74) is 5.22. The zero-order valence-corrected chi connectivity index (χ0v) is 22.9. The number of nitrogens with zero attached hydrogens (tertiary/aromatic N) is 3. The number of methoxy groups -OCH3 is 1. The molecule has 1 heterocycles. The molecule has 0 aliphatic heterocycles. The van der Waals surface area contributed by atoms with E-state index in [4.69, 9.17) is 9.72 Å². The summed E-state index contributed by atoms with van der Waals surface area (Å²) < 4.78 is 7.51. The molecule has 0 saturated carbocycles. The number of hydrogen-bond acceptors (Lipinski definition) is 3. The highest BCUT2D eigenvalue weighted by Gasteiger charge is 2.21. The van der Waals surface area contributed by atoms with E-state index >= 15 is 0 Å². The number of carbonyl (C=O) groups excluding carboxylic acids is 1. The maximum absolute atomic E-state index is 11.5. The van der Waals surface area contributed by atoms with Crippen molar-refractivity contribution in [1.29, 1.82) is 0 Å². The average molecular weight is 478 g/mol. The number of hydrogen-bond donors (Lipinski definition) is 0. The first kappa shape index (κ1) is 29.7. The Morgan fingerprint density at radius 3 is 2.23 bits per heavy atom. The third-order valence-electron chi connectivity index (χ3n) is 5.38. The van der Waals surface area contributed by atoms with Crippen molar-refractivity contribution in [3.8, 4) is 5.75 Å². The quantitative estimate of drug-likeness (QED) is 0.304. The largest absolute Gasteiger partial charge is 0.497 e. The first-order valence-corrected chi connectivity index (χ1v) is 12.5. The fourth-order valence-corrected chi connectivity index (χ4v) is 3.35. The van der Waals surface area contributed by atoms with Gasteiger partial charge >= 0.3 is 0 Å². The van der Waals surface area contributed by atoms with E-state index in [0.29, 0.717) is 18.8 Å². The normalized spacial score (nSPS) is 9.83. The second-order valence-corrected chi connectivity index (χ2v) is 8.30. The minimum absolute atomic E-state index is 0.621. The third kappa shape index (κ3) is 8.75. The van der Waals surface area contributed by atoms with Crippen molar-refractivity contribution in [2.45, 2.75) is 67.3 Å². The Labute approximate surface area is 212 Å². The number of unbranched alkanes of at least 4 members (excludes halogenated alkanes) is 1. The van der Waals surface area contributed by atoms with Crippen LogP contribution in [0.25, 0.3) is 5.57 Å². The zero-order chi connectivity index (χ0) is 26.4. The molecule has 1 amide bonds. The van der Waals surface area contributed by atoms with Gasteiger partial charge in [-0.15, -0.1) is 0 Å². The number of aryl methyl sites for hydroxylation is 1. The van der Waals surface area contributed by atoms with Crippen LogP contribution in [-0.2, 0) is 17.8 Å². The lowest BCUT2D eigenvalue weighted by Crippen LogP contribution is -2.16. The van der Waals surface area contributed by atoms with Gasteiger partial charge in [0.25, 0.3) is 0 Å². The average Bonchev–Trinajstić information content (AvgIpc) is 3.24. The number of ether oxygens (including phenoxy) is 1. The second-order valence-electron chi connectivity index (χ2n) is 8.30. The minimum atomic E-state index is 0.621. The Hall–Kier alpha value is -3.34. The molecule has 3 aromatic rings. The molecule has 5 heteroatoms. The maximum atomic E-state index is 11.5. The molecule has 0 spiro atoms. The summed E-state index contributed by atoms with van der Waals surface area (Å²) in [6.45, 7) is 17.2. The van der Waals surface area contributed by atoms with Crippen LogP contribution >= 0.6 is 0 Å². The molecular weight excluding hydrogens is 434 g/mol. The van der Waals surface area contributed by atoms with Gasteiger partial charge in [-0.2, -0.15) is 0 Å². The summed E-state index contributed by atoms with van der Waals surface area (Å²) in [6.07, 6.45) is 4.04. The van der Waals surface area contributed by atoms with Crippen LogP contribution in [0.2, 0.25) is 0 Å². The molecule has 5 nitrogen and oxygen atoms in total. The SMILES string of the molecule is C=C(C)c1c(N(C)C=O)nc(Cc2cccc(OC)c2)n1Cc1ccc(C)cc1.CC.CCCC.